The summed E-state index contributed by atoms with van der Waals surface area (Å²) in [7, 11) is 1.82. The van der Waals surface area contributed by atoms with Crippen LogP contribution in [0.5, 0.6) is 0 Å². The van der Waals surface area contributed by atoms with E-state index >= 15 is 0 Å². The maximum absolute atomic E-state index is 5.14. The fourth-order valence-corrected chi connectivity index (χ4v) is 1.68. The maximum atomic E-state index is 5.14. The Morgan fingerprint density at radius 3 is 2.54 bits per heavy atom. The van der Waals surface area contributed by atoms with Crippen molar-refractivity contribution in [1.82, 2.24) is 24.7 Å². The minimum atomic E-state index is 0.687. The summed E-state index contributed by atoms with van der Waals surface area (Å²) in [6.07, 6.45) is 2.57. The summed E-state index contributed by atoms with van der Waals surface area (Å²) in [5.41, 5.74) is 0. The van der Waals surface area contributed by atoms with Gasteiger partial charge in [-0.15, -0.1) is 0 Å². The quantitative estimate of drug-likeness (QED) is 0.646. The molecule has 1 aliphatic heterocycles. The van der Waals surface area contributed by atoms with Gasteiger partial charge in [0.2, 0.25) is 4.77 Å². The first-order valence-electron chi connectivity index (χ1n) is 4.46. The number of nitrogens with zero attached hydrogens (tertiary/aromatic N) is 5. The van der Waals surface area contributed by atoms with Crippen LogP contribution in [-0.4, -0.2) is 37.8 Å². The van der Waals surface area contributed by atoms with Crippen molar-refractivity contribution in [3.8, 4) is 0 Å². The first-order chi connectivity index (χ1) is 6.27. The van der Waals surface area contributed by atoms with E-state index in [1.165, 1.54) is 12.8 Å². The van der Waals surface area contributed by atoms with Crippen molar-refractivity contribution in [1.29, 1.82) is 0 Å². The minimum Gasteiger partial charge on any atom is -0.284 e. The van der Waals surface area contributed by atoms with Crippen LogP contribution in [0, 0.1) is 4.77 Å². The topological polar surface area (TPSA) is 38.9 Å². The number of tetrazole rings is 1. The van der Waals surface area contributed by atoms with Gasteiger partial charge < -0.3 is 0 Å². The van der Waals surface area contributed by atoms with Crippen molar-refractivity contribution in [3.63, 3.8) is 0 Å². The van der Waals surface area contributed by atoms with Crippen molar-refractivity contribution < 1.29 is 0 Å². The summed E-state index contributed by atoms with van der Waals surface area (Å²) in [6, 6.07) is 0. The van der Waals surface area contributed by atoms with E-state index in [2.05, 4.69) is 15.3 Å². The summed E-state index contributed by atoms with van der Waals surface area (Å²) in [5, 5.41) is 7.82. The Morgan fingerprint density at radius 2 is 2.00 bits per heavy atom. The highest BCUT2D eigenvalue weighted by atomic mass is 32.1. The van der Waals surface area contributed by atoms with E-state index in [1.807, 2.05) is 7.05 Å². The number of aromatic nitrogens is 4. The van der Waals surface area contributed by atoms with Gasteiger partial charge in [0.25, 0.3) is 0 Å². The normalized spacial score (nSPS) is 18.2. The van der Waals surface area contributed by atoms with Crippen LogP contribution in [0.1, 0.15) is 12.8 Å². The van der Waals surface area contributed by atoms with Gasteiger partial charge in [-0.2, -0.15) is 0 Å². The Labute approximate surface area is 81.9 Å². The summed E-state index contributed by atoms with van der Waals surface area (Å²) in [6.45, 7) is 3.09. The molecule has 0 aromatic carbocycles. The molecule has 6 heteroatoms. The third-order valence-corrected chi connectivity index (χ3v) is 2.79. The van der Waals surface area contributed by atoms with Crippen LogP contribution in [0.25, 0.3) is 0 Å². The molecule has 1 aromatic heterocycles. The Bertz CT molecular complexity index is 335. The molecule has 1 fully saturated rings. The average molecular weight is 199 g/mol. The van der Waals surface area contributed by atoms with E-state index in [-0.39, 0.29) is 0 Å². The minimum absolute atomic E-state index is 0.687. The molecule has 1 aliphatic rings. The molecule has 0 atom stereocenters. The molecule has 72 valence electrons. The van der Waals surface area contributed by atoms with Gasteiger partial charge in [-0.05, 0) is 48.6 Å². The van der Waals surface area contributed by atoms with Gasteiger partial charge in [-0.3, -0.25) is 4.90 Å². The molecule has 13 heavy (non-hydrogen) atoms. The van der Waals surface area contributed by atoms with Crippen LogP contribution < -0.4 is 0 Å². The lowest BCUT2D eigenvalue weighted by Gasteiger charge is -2.12. The highest BCUT2D eigenvalue weighted by molar-refractivity contribution is 7.71. The van der Waals surface area contributed by atoms with Crippen molar-refractivity contribution >= 4 is 12.2 Å². The number of hydrogen-bond acceptors (Lipinski definition) is 4. The van der Waals surface area contributed by atoms with Crippen LogP contribution in [0.3, 0.4) is 0 Å². The zero-order valence-electron chi connectivity index (χ0n) is 7.68. The van der Waals surface area contributed by atoms with E-state index in [0.29, 0.717) is 4.77 Å². The first kappa shape index (κ1) is 8.83. The van der Waals surface area contributed by atoms with E-state index in [0.717, 1.165) is 19.8 Å². The lowest BCUT2D eigenvalue weighted by atomic mass is 10.4. The molecule has 5 nitrogen and oxygen atoms in total. The molecular weight excluding hydrogens is 186 g/mol. The summed E-state index contributed by atoms with van der Waals surface area (Å²) in [5.74, 6) is 0. The molecule has 0 saturated carbocycles. The third-order valence-electron chi connectivity index (χ3n) is 2.31. The van der Waals surface area contributed by atoms with Gasteiger partial charge in [0.1, 0.15) is 0 Å². The number of rotatable bonds is 2. The Kier molecular flexibility index (Phi) is 2.41. The first-order valence-corrected chi connectivity index (χ1v) is 4.87. The molecule has 0 aliphatic carbocycles. The standard InChI is InChI=1S/C7H13N5S/c1-10-7(13)12(9-8-10)6-11-4-2-3-5-11/h2-6H2,1H3. The highest BCUT2D eigenvalue weighted by Crippen LogP contribution is 2.07. The zero-order valence-corrected chi connectivity index (χ0v) is 8.50. The Hall–Kier alpha value is -0.750. The van der Waals surface area contributed by atoms with Crippen LogP contribution in [-0.2, 0) is 13.7 Å². The Morgan fingerprint density at radius 1 is 1.31 bits per heavy atom. The molecular formula is C7H13N5S. The van der Waals surface area contributed by atoms with Crippen LogP contribution in [0.4, 0.5) is 0 Å². The predicted molar refractivity (Wildman–Crippen MR) is 50.6 cm³/mol. The molecule has 2 rings (SSSR count). The predicted octanol–water partition coefficient (Wildman–Crippen LogP) is 0.399. The number of hydrogen-bond donors (Lipinski definition) is 0. The fourth-order valence-electron chi connectivity index (χ4n) is 1.55. The van der Waals surface area contributed by atoms with Gasteiger partial charge in [-0.25, -0.2) is 9.36 Å². The summed E-state index contributed by atoms with van der Waals surface area (Å²) < 4.78 is 4.07. The zero-order chi connectivity index (χ0) is 9.26. The smallest absolute Gasteiger partial charge is 0.216 e. The average Bonchev–Trinajstić information content (AvgIpc) is 2.71. The van der Waals surface area contributed by atoms with Crippen molar-refractivity contribution in [3.05, 3.63) is 4.77 Å². The van der Waals surface area contributed by atoms with Crippen molar-refractivity contribution in [2.75, 3.05) is 13.1 Å². The molecule has 2 heterocycles. The second-order valence-electron chi connectivity index (χ2n) is 3.35. The number of aryl methyl sites for hydroxylation is 1. The monoisotopic (exact) mass is 199 g/mol. The largest absolute Gasteiger partial charge is 0.284 e. The lowest BCUT2D eigenvalue weighted by Crippen LogP contribution is -2.23. The fraction of sp³-hybridized carbons (Fsp3) is 0.857. The Balaban J connectivity index is 2.09. The summed E-state index contributed by atoms with van der Waals surface area (Å²) in [4.78, 5) is 2.34. The van der Waals surface area contributed by atoms with Crippen LogP contribution >= 0.6 is 12.2 Å². The van der Waals surface area contributed by atoms with Gasteiger partial charge in [0, 0.05) is 7.05 Å². The third kappa shape index (κ3) is 1.78. The molecule has 1 saturated heterocycles. The van der Waals surface area contributed by atoms with Crippen LogP contribution in [0.15, 0.2) is 0 Å². The van der Waals surface area contributed by atoms with E-state index < -0.39 is 0 Å². The van der Waals surface area contributed by atoms with E-state index in [9.17, 15) is 0 Å². The van der Waals surface area contributed by atoms with Gasteiger partial charge in [0.05, 0.1) is 6.67 Å². The lowest BCUT2D eigenvalue weighted by molar-refractivity contribution is 0.251. The van der Waals surface area contributed by atoms with Gasteiger partial charge >= 0.3 is 0 Å². The van der Waals surface area contributed by atoms with Crippen LogP contribution in [0.2, 0.25) is 0 Å². The second kappa shape index (κ2) is 3.55. The van der Waals surface area contributed by atoms with E-state index in [1.54, 1.807) is 9.36 Å². The molecule has 0 unspecified atom stereocenters. The molecule has 0 amide bonds. The molecule has 0 N–H and O–H groups in total. The molecule has 0 spiro atoms. The molecule has 0 radical (unpaired) electrons. The second-order valence-corrected chi connectivity index (χ2v) is 3.72. The van der Waals surface area contributed by atoms with Gasteiger partial charge in [0.15, 0.2) is 0 Å². The maximum Gasteiger partial charge on any atom is 0.216 e. The van der Waals surface area contributed by atoms with Crippen molar-refractivity contribution in [2.45, 2.75) is 19.5 Å². The molecule has 0 bridgehead atoms. The SMILES string of the molecule is Cn1nnn(CN2CCCC2)c1=S. The van der Waals surface area contributed by atoms with E-state index in [4.69, 9.17) is 12.2 Å². The summed E-state index contributed by atoms with van der Waals surface area (Å²) >= 11 is 5.14. The van der Waals surface area contributed by atoms with Crippen molar-refractivity contribution in [2.24, 2.45) is 7.05 Å². The number of likely N-dealkylation sites (tertiary alicyclic amines) is 1. The highest BCUT2D eigenvalue weighted by Gasteiger charge is 2.12. The van der Waals surface area contributed by atoms with Gasteiger partial charge in [-0.1, -0.05) is 0 Å². The molecule has 1 aromatic rings.